The minimum absolute atomic E-state index is 0.250. The molecule has 0 spiro atoms. The van der Waals surface area contributed by atoms with Gasteiger partial charge in [0.15, 0.2) is 6.10 Å². The summed E-state index contributed by atoms with van der Waals surface area (Å²) in [5.74, 6) is -0.260. The summed E-state index contributed by atoms with van der Waals surface area (Å²) in [4.78, 5) is 10.6. The van der Waals surface area contributed by atoms with Crippen LogP contribution >= 0.6 is 0 Å². The van der Waals surface area contributed by atoms with Gasteiger partial charge in [-0.25, -0.2) is 4.79 Å². The Morgan fingerprint density at radius 1 is 1.33 bits per heavy atom. The minimum Gasteiger partial charge on any atom is -0.479 e. The van der Waals surface area contributed by atoms with E-state index in [0.717, 1.165) is 19.3 Å². The van der Waals surface area contributed by atoms with Crippen LogP contribution in [0.1, 0.15) is 32.1 Å². The molecule has 0 amide bonds. The van der Waals surface area contributed by atoms with Crippen LogP contribution in [-0.2, 0) is 9.53 Å². The van der Waals surface area contributed by atoms with Gasteiger partial charge in [0.25, 0.3) is 0 Å². The van der Waals surface area contributed by atoms with Crippen molar-refractivity contribution in [2.45, 2.75) is 44.3 Å². The molecule has 1 N–H and O–H groups in total. The van der Waals surface area contributed by atoms with Crippen LogP contribution in [0.25, 0.3) is 0 Å². The van der Waals surface area contributed by atoms with Gasteiger partial charge in [-0.1, -0.05) is 12.8 Å². The van der Waals surface area contributed by atoms with Crippen LogP contribution in [0.4, 0.5) is 0 Å². The van der Waals surface area contributed by atoms with Gasteiger partial charge in [-0.15, -0.1) is 0 Å². The maximum atomic E-state index is 10.6. The van der Waals surface area contributed by atoms with E-state index in [1.54, 1.807) is 0 Å². The lowest BCUT2D eigenvalue weighted by molar-refractivity contribution is -0.149. The van der Waals surface area contributed by atoms with Gasteiger partial charge in [-0.05, 0) is 25.2 Å². The zero-order chi connectivity index (χ0) is 8.55. The Balaban J connectivity index is 1.98. The zero-order valence-electron chi connectivity index (χ0n) is 7.03. The summed E-state index contributed by atoms with van der Waals surface area (Å²) in [5.41, 5.74) is 0. The van der Waals surface area contributed by atoms with E-state index >= 15 is 0 Å². The first-order chi connectivity index (χ1) is 5.77. The monoisotopic (exact) mass is 170 g/mol. The fourth-order valence-electron chi connectivity index (χ4n) is 2.32. The Bertz CT molecular complexity index is 176. The molecule has 0 aromatic rings. The summed E-state index contributed by atoms with van der Waals surface area (Å²) in [6.45, 7) is 0. The molecule has 1 saturated heterocycles. The largest absolute Gasteiger partial charge is 0.479 e. The first-order valence-corrected chi connectivity index (χ1v) is 4.65. The first-order valence-electron chi connectivity index (χ1n) is 4.65. The number of ether oxygens (including phenoxy) is 1. The van der Waals surface area contributed by atoms with E-state index in [1.165, 1.54) is 12.8 Å². The highest BCUT2D eigenvalue weighted by Crippen LogP contribution is 2.37. The van der Waals surface area contributed by atoms with Gasteiger partial charge in [-0.2, -0.15) is 0 Å². The van der Waals surface area contributed by atoms with Gasteiger partial charge in [0.1, 0.15) is 0 Å². The standard InChI is InChI=1S/C9H14O3/c10-9(11)8-5-6-3-1-2-4-7(6)12-8/h6-8H,1-5H2,(H,10,11)/t6-,7+,8?/m1/s1. The Labute approximate surface area is 71.7 Å². The summed E-state index contributed by atoms with van der Waals surface area (Å²) >= 11 is 0. The quantitative estimate of drug-likeness (QED) is 0.647. The highest BCUT2D eigenvalue weighted by atomic mass is 16.5. The van der Waals surface area contributed by atoms with E-state index in [4.69, 9.17) is 9.84 Å². The van der Waals surface area contributed by atoms with Crippen LogP contribution in [0, 0.1) is 5.92 Å². The molecule has 0 radical (unpaired) electrons. The maximum Gasteiger partial charge on any atom is 0.332 e. The lowest BCUT2D eigenvalue weighted by Gasteiger charge is -2.22. The predicted molar refractivity (Wildman–Crippen MR) is 42.9 cm³/mol. The number of aliphatic carboxylic acids is 1. The third-order valence-corrected chi connectivity index (χ3v) is 2.97. The van der Waals surface area contributed by atoms with Crippen LogP contribution in [0.5, 0.6) is 0 Å². The van der Waals surface area contributed by atoms with Crippen molar-refractivity contribution in [3.8, 4) is 0 Å². The van der Waals surface area contributed by atoms with E-state index in [9.17, 15) is 4.79 Å². The Morgan fingerprint density at radius 2 is 2.08 bits per heavy atom. The average molecular weight is 170 g/mol. The molecule has 1 unspecified atom stereocenters. The summed E-state index contributed by atoms with van der Waals surface area (Å²) in [6, 6.07) is 0. The van der Waals surface area contributed by atoms with Crippen LogP contribution < -0.4 is 0 Å². The van der Waals surface area contributed by atoms with Crippen molar-refractivity contribution < 1.29 is 14.6 Å². The van der Waals surface area contributed by atoms with Crippen molar-refractivity contribution in [2.24, 2.45) is 5.92 Å². The molecule has 0 bridgehead atoms. The molecule has 1 aliphatic carbocycles. The molecule has 1 aliphatic heterocycles. The Hall–Kier alpha value is -0.570. The SMILES string of the molecule is O=C(O)C1C[C@H]2CCCC[C@@H]2O1. The molecule has 68 valence electrons. The first kappa shape index (κ1) is 8.05. The third-order valence-electron chi connectivity index (χ3n) is 2.97. The summed E-state index contributed by atoms with van der Waals surface area (Å²) in [5, 5.41) is 8.74. The van der Waals surface area contributed by atoms with E-state index in [-0.39, 0.29) is 6.10 Å². The van der Waals surface area contributed by atoms with Gasteiger partial charge in [-0.3, -0.25) is 0 Å². The number of carboxylic acid groups (broad SMARTS) is 1. The van der Waals surface area contributed by atoms with E-state index < -0.39 is 12.1 Å². The van der Waals surface area contributed by atoms with Crippen molar-refractivity contribution in [1.82, 2.24) is 0 Å². The number of fused-ring (bicyclic) bond motifs is 1. The number of hydrogen-bond acceptors (Lipinski definition) is 2. The maximum absolute atomic E-state index is 10.6. The molecule has 2 aliphatic rings. The Kier molecular flexibility index (Phi) is 2.05. The lowest BCUT2D eigenvalue weighted by Crippen LogP contribution is -2.22. The van der Waals surface area contributed by atoms with Gasteiger partial charge in [0, 0.05) is 0 Å². The van der Waals surface area contributed by atoms with E-state index in [0.29, 0.717) is 5.92 Å². The molecule has 1 saturated carbocycles. The molecule has 2 fully saturated rings. The molecular weight excluding hydrogens is 156 g/mol. The molecule has 2 rings (SSSR count). The number of carbonyl (C=O) groups is 1. The smallest absolute Gasteiger partial charge is 0.332 e. The van der Waals surface area contributed by atoms with Gasteiger partial charge in [0.05, 0.1) is 6.10 Å². The molecule has 3 atom stereocenters. The minimum atomic E-state index is -0.788. The predicted octanol–water partition coefficient (Wildman–Crippen LogP) is 1.42. The van der Waals surface area contributed by atoms with E-state index in [2.05, 4.69) is 0 Å². The second-order valence-electron chi connectivity index (χ2n) is 3.78. The van der Waals surface area contributed by atoms with Crippen LogP contribution in [0.2, 0.25) is 0 Å². The molecule has 3 heteroatoms. The number of rotatable bonds is 1. The van der Waals surface area contributed by atoms with Crippen molar-refractivity contribution >= 4 is 5.97 Å². The highest BCUT2D eigenvalue weighted by Gasteiger charge is 2.39. The zero-order valence-corrected chi connectivity index (χ0v) is 7.03. The molecule has 1 heterocycles. The highest BCUT2D eigenvalue weighted by molar-refractivity contribution is 5.72. The summed E-state index contributed by atoms with van der Waals surface area (Å²) in [7, 11) is 0. The molecule has 3 nitrogen and oxygen atoms in total. The molecular formula is C9H14O3. The number of carboxylic acids is 1. The summed E-state index contributed by atoms with van der Waals surface area (Å²) < 4.78 is 5.43. The topological polar surface area (TPSA) is 46.5 Å². The van der Waals surface area contributed by atoms with Crippen molar-refractivity contribution in [2.75, 3.05) is 0 Å². The van der Waals surface area contributed by atoms with Crippen LogP contribution in [0.15, 0.2) is 0 Å². The van der Waals surface area contributed by atoms with Crippen molar-refractivity contribution in [3.05, 3.63) is 0 Å². The number of hydrogen-bond donors (Lipinski definition) is 1. The fraction of sp³-hybridized carbons (Fsp3) is 0.889. The van der Waals surface area contributed by atoms with Gasteiger partial charge >= 0.3 is 5.97 Å². The second kappa shape index (κ2) is 3.05. The van der Waals surface area contributed by atoms with Crippen LogP contribution in [0.3, 0.4) is 0 Å². The normalized spacial score (nSPS) is 40.8. The average Bonchev–Trinajstić information content (AvgIpc) is 2.46. The Morgan fingerprint density at radius 3 is 2.75 bits per heavy atom. The lowest BCUT2D eigenvalue weighted by atomic mass is 9.85. The summed E-state index contributed by atoms with van der Waals surface area (Å²) in [6.07, 6.45) is 5.14. The van der Waals surface area contributed by atoms with E-state index in [1.807, 2.05) is 0 Å². The van der Waals surface area contributed by atoms with Gasteiger partial charge in [0.2, 0.25) is 0 Å². The van der Waals surface area contributed by atoms with Gasteiger partial charge < -0.3 is 9.84 Å². The molecule has 12 heavy (non-hydrogen) atoms. The fourth-order valence-corrected chi connectivity index (χ4v) is 2.32. The molecule has 0 aromatic heterocycles. The van der Waals surface area contributed by atoms with Crippen molar-refractivity contribution in [3.63, 3.8) is 0 Å². The van der Waals surface area contributed by atoms with Crippen LogP contribution in [-0.4, -0.2) is 23.3 Å². The molecule has 0 aromatic carbocycles. The second-order valence-corrected chi connectivity index (χ2v) is 3.78. The third kappa shape index (κ3) is 1.33. The van der Waals surface area contributed by atoms with Crippen molar-refractivity contribution in [1.29, 1.82) is 0 Å².